The summed E-state index contributed by atoms with van der Waals surface area (Å²) in [7, 11) is 0. The predicted octanol–water partition coefficient (Wildman–Crippen LogP) is 3.24. The Kier molecular flexibility index (Phi) is 2.75. The van der Waals surface area contributed by atoms with E-state index >= 15 is 0 Å². The van der Waals surface area contributed by atoms with Crippen LogP contribution in [0.4, 0.5) is 0 Å². The molecule has 1 aromatic heterocycles. The Morgan fingerprint density at radius 2 is 1.79 bits per heavy atom. The van der Waals surface area contributed by atoms with Crippen LogP contribution in [-0.4, -0.2) is 9.78 Å². The normalized spacial score (nSPS) is 10.4. The summed E-state index contributed by atoms with van der Waals surface area (Å²) in [6, 6.07) is 9.39. The van der Waals surface area contributed by atoms with Crippen LogP contribution in [0.2, 0.25) is 10.2 Å². The fourth-order valence-electron chi connectivity index (χ4n) is 1.20. The lowest BCUT2D eigenvalue weighted by molar-refractivity contribution is 0.688. The van der Waals surface area contributed by atoms with E-state index < -0.39 is 0 Å². The van der Waals surface area contributed by atoms with Gasteiger partial charge in [-0.3, -0.25) is 0 Å². The highest BCUT2D eigenvalue weighted by atomic mass is 35.5. The topological polar surface area (TPSA) is 17.8 Å². The molecule has 2 nitrogen and oxygen atoms in total. The molecular weight excluding hydrogens is 219 g/mol. The number of nitrogens with zero attached hydrogens (tertiary/aromatic N) is 2. The summed E-state index contributed by atoms with van der Waals surface area (Å²) in [6.07, 6.45) is 1.68. The number of rotatable bonds is 2. The summed E-state index contributed by atoms with van der Waals surface area (Å²) in [5, 5.41) is 5.46. The number of benzene rings is 1. The lowest BCUT2D eigenvalue weighted by Gasteiger charge is -2.02. The third-order valence-corrected chi connectivity index (χ3v) is 2.48. The molecular formula is C10H8Cl2N2. The van der Waals surface area contributed by atoms with Gasteiger partial charge in [0.15, 0.2) is 0 Å². The monoisotopic (exact) mass is 226 g/mol. The van der Waals surface area contributed by atoms with E-state index in [1.54, 1.807) is 16.9 Å². The van der Waals surface area contributed by atoms with Crippen LogP contribution in [0.5, 0.6) is 0 Å². The van der Waals surface area contributed by atoms with Gasteiger partial charge in [-0.1, -0.05) is 35.3 Å². The summed E-state index contributed by atoms with van der Waals surface area (Å²) in [6.45, 7) is 0.670. The maximum Gasteiger partial charge on any atom is 0.127 e. The number of hydrogen-bond acceptors (Lipinski definition) is 1. The fourth-order valence-corrected chi connectivity index (χ4v) is 1.48. The Morgan fingerprint density at radius 3 is 2.36 bits per heavy atom. The molecule has 72 valence electrons. The van der Waals surface area contributed by atoms with Gasteiger partial charge in [-0.2, -0.15) is 5.10 Å². The van der Waals surface area contributed by atoms with E-state index in [1.165, 1.54) is 0 Å². The highest BCUT2D eigenvalue weighted by Gasteiger charge is 1.99. The minimum Gasteiger partial charge on any atom is -0.250 e. The molecule has 1 aromatic carbocycles. The molecule has 0 aliphatic rings. The fraction of sp³-hybridized carbons (Fsp3) is 0.100. The van der Waals surface area contributed by atoms with E-state index in [4.69, 9.17) is 23.2 Å². The predicted molar refractivity (Wildman–Crippen MR) is 57.8 cm³/mol. The Balaban J connectivity index is 2.19. The van der Waals surface area contributed by atoms with Crippen LogP contribution in [0.1, 0.15) is 5.56 Å². The van der Waals surface area contributed by atoms with E-state index in [9.17, 15) is 0 Å². The standard InChI is InChI=1S/C10H8Cl2N2/c11-9-3-1-8(2-4-9)7-14-10(12)5-6-13-14/h1-6H,7H2. The number of halogens is 2. The Hall–Kier alpha value is -0.990. The second kappa shape index (κ2) is 4.03. The van der Waals surface area contributed by atoms with Crippen molar-refractivity contribution in [2.24, 2.45) is 0 Å². The third-order valence-electron chi connectivity index (χ3n) is 1.91. The molecule has 4 heteroatoms. The van der Waals surface area contributed by atoms with Crippen LogP contribution in [0, 0.1) is 0 Å². The third kappa shape index (κ3) is 2.08. The first-order chi connectivity index (χ1) is 6.75. The molecule has 0 unspecified atom stereocenters. The average molecular weight is 227 g/mol. The van der Waals surface area contributed by atoms with Crippen molar-refractivity contribution in [1.29, 1.82) is 0 Å². The van der Waals surface area contributed by atoms with Crippen molar-refractivity contribution in [3.63, 3.8) is 0 Å². The summed E-state index contributed by atoms with van der Waals surface area (Å²) in [5.41, 5.74) is 1.13. The molecule has 1 heterocycles. The molecule has 0 aliphatic heterocycles. The smallest absolute Gasteiger partial charge is 0.127 e. The first-order valence-corrected chi connectivity index (χ1v) is 4.93. The van der Waals surface area contributed by atoms with Gasteiger partial charge in [-0.05, 0) is 23.8 Å². The quantitative estimate of drug-likeness (QED) is 0.769. The molecule has 0 atom stereocenters. The zero-order valence-corrected chi connectivity index (χ0v) is 8.83. The van der Waals surface area contributed by atoms with Crippen LogP contribution in [0.15, 0.2) is 36.5 Å². The molecule has 0 spiro atoms. The summed E-state index contributed by atoms with van der Waals surface area (Å²) in [5.74, 6) is 0. The van der Waals surface area contributed by atoms with Crippen molar-refractivity contribution in [2.45, 2.75) is 6.54 Å². The van der Waals surface area contributed by atoms with E-state index in [2.05, 4.69) is 5.10 Å². The Morgan fingerprint density at radius 1 is 1.07 bits per heavy atom. The van der Waals surface area contributed by atoms with Gasteiger partial charge in [-0.25, -0.2) is 4.68 Å². The van der Waals surface area contributed by atoms with Gasteiger partial charge in [0.25, 0.3) is 0 Å². The van der Waals surface area contributed by atoms with E-state index in [1.807, 2.05) is 24.3 Å². The average Bonchev–Trinajstić information content (AvgIpc) is 2.56. The van der Waals surface area contributed by atoms with Gasteiger partial charge in [0.05, 0.1) is 12.7 Å². The van der Waals surface area contributed by atoms with Crippen LogP contribution >= 0.6 is 23.2 Å². The molecule has 0 saturated heterocycles. The maximum absolute atomic E-state index is 5.90. The van der Waals surface area contributed by atoms with E-state index in [-0.39, 0.29) is 0 Å². The maximum atomic E-state index is 5.90. The molecule has 0 amide bonds. The highest BCUT2D eigenvalue weighted by Crippen LogP contribution is 2.13. The van der Waals surface area contributed by atoms with Gasteiger partial charge in [0.1, 0.15) is 5.15 Å². The van der Waals surface area contributed by atoms with Crippen molar-refractivity contribution in [3.05, 3.63) is 52.3 Å². The number of aromatic nitrogens is 2. The van der Waals surface area contributed by atoms with Crippen molar-refractivity contribution in [1.82, 2.24) is 9.78 Å². The molecule has 2 rings (SSSR count). The number of hydrogen-bond donors (Lipinski definition) is 0. The largest absolute Gasteiger partial charge is 0.250 e. The Bertz CT molecular complexity index is 420. The highest BCUT2D eigenvalue weighted by molar-refractivity contribution is 6.30. The summed E-state index contributed by atoms with van der Waals surface area (Å²) < 4.78 is 1.73. The summed E-state index contributed by atoms with van der Waals surface area (Å²) in [4.78, 5) is 0. The minimum absolute atomic E-state index is 0.639. The van der Waals surface area contributed by atoms with Gasteiger partial charge >= 0.3 is 0 Å². The molecule has 0 saturated carbocycles. The molecule has 0 radical (unpaired) electrons. The van der Waals surface area contributed by atoms with Gasteiger partial charge in [0, 0.05) is 5.02 Å². The van der Waals surface area contributed by atoms with Crippen molar-refractivity contribution < 1.29 is 0 Å². The second-order valence-corrected chi connectivity index (χ2v) is 3.76. The zero-order valence-electron chi connectivity index (χ0n) is 7.32. The molecule has 0 N–H and O–H groups in total. The molecule has 14 heavy (non-hydrogen) atoms. The molecule has 2 aromatic rings. The van der Waals surface area contributed by atoms with E-state index in [0.717, 1.165) is 10.6 Å². The van der Waals surface area contributed by atoms with Crippen LogP contribution in [-0.2, 0) is 6.54 Å². The van der Waals surface area contributed by atoms with Crippen molar-refractivity contribution in [2.75, 3.05) is 0 Å². The van der Waals surface area contributed by atoms with Gasteiger partial charge in [0.2, 0.25) is 0 Å². The molecule has 0 aliphatic carbocycles. The summed E-state index contributed by atoms with van der Waals surface area (Å²) >= 11 is 11.7. The second-order valence-electron chi connectivity index (χ2n) is 2.94. The van der Waals surface area contributed by atoms with Gasteiger partial charge < -0.3 is 0 Å². The van der Waals surface area contributed by atoms with Crippen molar-refractivity contribution >= 4 is 23.2 Å². The first-order valence-electron chi connectivity index (χ1n) is 4.17. The van der Waals surface area contributed by atoms with Gasteiger partial charge in [-0.15, -0.1) is 0 Å². The molecule has 0 fully saturated rings. The first kappa shape index (κ1) is 9.56. The minimum atomic E-state index is 0.639. The zero-order chi connectivity index (χ0) is 9.97. The van der Waals surface area contributed by atoms with E-state index in [0.29, 0.717) is 11.7 Å². The lowest BCUT2D eigenvalue weighted by Crippen LogP contribution is -2.00. The van der Waals surface area contributed by atoms with Crippen molar-refractivity contribution in [3.8, 4) is 0 Å². The Labute approximate surface area is 92.1 Å². The molecule has 0 bridgehead atoms. The SMILES string of the molecule is Clc1ccc(Cn2nccc2Cl)cc1. The van der Waals surface area contributed by atoms with Crippen LogP contribution in [0.3, 0.4) is 0 Å². The lowest BCUT2D eigenvalue weighted by atomic mass is 10.2. The van der Waals surface area contributed by atoms with Crippen LogP contribution in [0.25, 0.3) is 0 Å². The van der Waals surface area contributed by atoms with Crippen LogP contribution < -0.4 is 0 Å².